The summed E-state index contributed by atoms with van der Waals surface area (Å²) in [7, 11) is 0. The van der Waals surface area contributed by atoms with Gasteiger partial charge in [-0.1, -0.05) is 0 Å². The highest BCUT2D eigenvalue weighted by Gasteiger charge is 2.29. The molecule has 2 amide bonds. The summed E-state index contributed by atoms with van der Waals surface area (Å²) in [5.41, 5.74) is 0. The minimum absolute atomic E-state index is 0.124. The fraction of sp³-hybridized carbons (Fsp3) is 0.533. The highest BCUT2D eigenvalue weighted by molar-refractivity contribution is 7.98. The molecule has 2 rings (SSSR count). The van der Waals surface area contributed by atoms with E-state index in [-0.39, 0.29) is 17.5 Å². The van der Waals surface area contributed by atoms with Crippen LogP contribution < -0.4 is 5.32 Å². The molecule has 2 heterocycles. The van der Waals surface area contributed by atoms with E-state index in [2.05, 4.69) is 5.32 Å². The van der Waals surface area contributed by atoms with Crippen molar-refractivity contribution in [2.75, 3.05) is 25.1 Å². The summed E-state index contributed by atoms with van der Waals surface area (Å²) in [6, 6.07) is 2.60. The molecule has 1 aliphatic rings. The minimum Gasteiger partial charge on any atom is -0.459 e. The van der Waals surface area contributed by atoms with Crippen LogP contribution in [0.2, 0.25) is 0 Å². The molecule has 1 atom stereocenters. The summed E-state index contributed by atoms with van der Waals surface area (Å²) >= 11 is 1.62. The first-order chi connectivity index (χ1) is 10.6. The van der Waals surface area contributed by atoms with Gasteiger partial charge in [-0.15, -0.1) is 0 Å². The number of nitrogens with zero attached hydrogens (tertiary/aromatic N) is 1. The first-order valence-corrected chi connectivity index (χ1v) is 8.65. The number of amides is 2. The highest BCUT2D eigenvalue weighted by atomic mass is 32.2. The van der Waals surface area contributed by atoms with E-state index in [4.69, 9.17) is 4.42 Å². The SMILES string of the molecule is CSCC[C@H](NC(=O)c1ccco1)C(=O)N1CCC(=O)CC1. The maximum atomic E-state index is 12.6. The second kappa shape index (κ2) is 8.03. The smallest absolute Gasteiger partial charge is 0.287 e. The number of likely N-dealkylation sites (tertiary alicyclic amines) is 1. The summed E-state index contributed by atoms with van der Waals surface area (Å²) in [6.07, 6.45) is 4.72. The van der Waals surface area contributed by atoms with Crippen molar-refractivity contribution in [3.63, 3.8) is 0 Å². The van der Waals surface area contributed by atoms with Gasteiger partial charge in [0, 0.05) is 25.9 Å². The Labute approximate surface area is 133 Å². The molecule has 1 aromatic rings. The van der Waals surface area contributed by atoms with Crippen LogP contribution in [0.15, 0.2) is 22.8 Å². The lowest BCUT2D eigenvalue weighted by atomic mass is 10.1. The van der Waals surface area contributed by atoms with Crippen molar-refractivity contribution in [3.05, 3.63) is 24.2 Å². The molecule has 7 heteroatoms. The van der Waals surface area contributed by atoms with Gasteiger partial charge in [0.25, 0.3) is 5.91 Å². The second-order valence-electron chi connectivity index (χ2n) is 5.15. The second-order valence-corrected chi connectivity index (χ2v) is 6.13. The molecule has 120 valence electrons. The molecule has 1 fully saturated rings. The number of rotatable bonds is 6. The predicted molar refractivity (Wildman–Crippen MR) is 83.8 cm³/mol. The zero-order valence-corrected chi connectivity index (χ0v) is 13.4. The number of ketones is 1. The number of hydrogen-bond acceptors (Lipinski definition) is 5. The Kier molecular flexibility index (Phi) is 6.06. The van der Waals surface area contributed by atoms with E-state index in [9.17, 15) is 14.4 Å². The third-order valence-corrected chi connectivity index (χ3v) is 4.24. The average molecular weight is 324 g/mol. The van der Waals surface area contributed by atoms with Crippen molar-refractivity contribution < 1.29 is 18.8 Å². The highest BCUT2D eigenvalue weighted by Crippen LogP contribution is 2.11. The van der Waals surface area contributed by atoms with Gasteiger partial charge < -0.3 is 14.6 Å². The normalized spacial score (nSPS) is 16.4. The number of carbonyl (C=O) groups excluding carboxylic acids is 3. The quantitative estimate of drug-likeness (QED) is 0.854. The molecular weight excluding hydrogens is 304 g/mol. The molecular formula is C15H20N2O4S. The fourth-order valence-corrected chi connectivity index (χ4v) is 2.80. The Morgan fingerprint density at radius 2 is 2.14 bits per heavy atom. The summed E-state index contributed by atoms with van der Waals surface area (Å²) in [5, 5.41) is 2.74. The van der Waals surface area contributed by atoms with Gasteiger partial charge in [-0.25, -0.2) is 0 Å². The average Bonchev–Trinajstić information content (AvgIpc) is 3.06. The molecule has 0 aliphatic carbocycles. The number of Topliss-reactive ketones (excluding diaryl/α,β-unsaturated/α-hetero) is 1. The van der Waals surface area contributed by atoms with Crippen LogP contribution >= 0.6 is 11.8 Å². The van der Waals surface area contributed by atoms with E-state index in [0.29, 0.717) is 32.4 Å². The number of thioether (sulfide) groups is 1. The number of hydrogen-bond donors (Lipinski definition) is 1. The lowest BCUT2D eigenvalue weighted by Gasteiger charge is -2.30. The lowest BCUT2D eigenvalue weighted by molar-refractivity contribution is -0.136. The first kappa shape index (κ1) is 16.6. The van der Waals surface area contributed by atoms with Crippen molar-refractivity contribution in [1.29, 1.82) is 0 Å². The molecule has 1 aromatic heterocycles. The van der Waals surface area contributed by atoms with Crippen LogP contribution in [0.25, 0.3) is 0 Å². The first-order valence-electron chi connectivity index (χ1n) is 7.25. The Hall–Kier alpha value is -1.76. The van der Waals surface area contributed by atoms with Crippen LogP contribution in [-0.4, -0.2) is 53.6 Å². The van der Waals surface area contributed by atoms with E-state index < -0.39 is 11.9 Å². The molecule has 0 unspecified atom stereocenters. The standard InChI is InChI=1S/C15H20N2O4S/c1-22-10-6-12(16-14(19)13-3-2-9-21-13)15(20)17-7-4-11(18)5-8-17/h2-3,9,12H,4-8,10H2,1H3,(H,16,19)/t12-/m0/s1. The van der Waals surface area contributed by atoms with Crippen LogP contribution in [0, 0.1) is 0 Å². The van der Waals surface area contributed by atoms with Crippen LogP contribution in [0.5, 0.6) is 0 Å². The van der Waals surface area contributed by atoms with Crippen molar-refractivity contribution >= 4 is 29.4 Å². The van der Waals surface area contributed by atoms with Gasteiger partial charge in [0.2, 0.25) is 5.91 Å². The number of piperidine rings is 1. The van der Waals surface area contributed by atoms with E-state index in [1.54, 1.807) is 28.8 Å². The van der Waals surface area contributed by atoms with Crippen molar-refractivity contribution in [3.8, 4) is 0 Å². The number of nitrogens with one attached hydrogen (secondary N) is 1. The monoisotopic (exact) mass is 324 g/mol. The third-order valence-electron chi connectivity index (χ3n) is 3.59. The molecule has 0 bridgehead atoms. The Bertz CT molecular complexity index is 520. The Morgan fingerprint density at radius 1 is 1.41 bits per heavy atom. The van der Waals surface area contributed by atoms with E-state index >= 15 is 0 Å². The van der Waals surface area contributed by atoms with Gasteiger partial charge in [0.05, 0.1) is 6.26 Å². The van der Waals surface area contributed by atoms with E-state index in [0.717, 1.165) is 5.75 Å². The summed E-state index contributed by atoms with van der Waals surface area (Å²) in [5.74, 6) is 0.626. The molecule has 0 saturated carbocycles. The summed E-state index contributed by atoms with van der Waals surface area (Å²) in [4.78, 5) is 37.6. The van der Waals surface area contributed by atoms with E-state index in [1.165, 1.54) is 6.26 Å². The number of furan rings is 1. The van der Waals surface area contributed by atoms with Gasteiger partial charge in [-0.3, -0.25) is 14.4 Å². The van der Waals surface area contributed by atoms with Crippen molar-refractivity contribution in [2.24, 2.45) is 0 Å². The predicted octanol–water partition coefficient (Wildman–Crippen LogP) is 1.32. The minimum atomic E-state index is -0.585. The molecule has 1 saturated heterocycles. The molecule has 0 radical (unpaired) electrons. The molecule has 0 aromatic carbocycles. The summed E-state index contributed by atoms with van der Waals surface area (Å²) < 4.78 is 5.05. The van der Waals surface area contributed by atoms with E-state index in [1.807, 2.05) is 6.26 Å². The molecule has 22 heavy (non-hydrogen) atoms. The van der Waals surface area contributed by atoms with Gasteiger partial charge >= 0.3 is 0 Å². The maximum absolute atomic E-state index is 12.6. The van der Waals surface area contributed by atoms with Crippen LogP contribution in [-0.2, 0) is 9.59 Å². The van der Waals surface area contributed by atoms with Gasteiger partial charge in [-0.2, -0.15) is 11.8 Å². The zero-order valence-electron chi connectivity index (χ0n) is 12.5. The Morgan fingerprint density at radius 3 is 2.73 bits per heavy atom. The molecule has 0 spiro atoms. The number of carbonyl (C=O) groups is 3. The maximum Gasteiger partial charge on any atom is 0.287 e. The van der Waals surface area contributed by atoms with Crippen molar-refractivity contribution in [2.45, 2.75) is 25.3 Å². The third kappa shape index (κ3) is 4.37. The molecule has 1 N–H and O–H groups in total. The molecule has 1 aliphatic heterocycles. The van der Waals surface area contributed by atoms with Gasteiger partial charge in [0.1, 0.15) is 11.8 Å². The largest absolute Gasteiger partial charge is 0.459 e. The Balaban J connectivity index is 1.99. The van der Waals surface area contributed by atoms with Crippen LogP contribution in [0.1, 0.15) is 29.8 Å². The fourth-order valence-electron chi connectivity index (χ4n) is 2.33. The lowest BCUT2D eigenvalue weighted by Crippen LogP contribution is -2.51. The van der Waals surface area contributed by atoms with Gasteiger partial charge in [-0.05, 0) is 30.6 Å². The topological polar surface area (TPSA) is 79.6 Å². The van der Waals surface area contributed by atoms with Crippen molar-refractivity contribution in [1.82, 2.24) is 10.2 Å². The molecule has 6 nitrogen and oxygen atoms in total. The van der Waals surface area contributed by atoms with Gasteiger partial charge in [0.15, 0.2) is 5.76 Å². The van der Waals surface area contributed by atoms with Crippen LogP contribution in [0.4, 0.5) is 0 Å². The summed E-state index contributed by atoms with van der Waals surface area (Å²) in [6.45, 7) is 0.869. The zero-order chi connectivity index (χ0) is 15.9. The van der Waals surface area contributed by atoms with Crippen LogP contribution in [0.3, 0.4) is 0 Å².